The van der Waals surface area contributed by atoms with E-state index in [9.17, 15) is 13.8 Å². The van der Waals surface area contributed by atoms with Crippen LogP contribution in [0.4, 0.5) is 10.1 Å². The van der Waals surface area contributed by atoms with Crippen LogP contribution in [0.2, 0.25) is 0 Å². The van der Waals surface area contributed by atoms with Crippen molar-refractivity contribution in [3.63, 3.8) is 0 Å². The van der Waals surface area contributed by atoms with Gasteiger partial charge in [-0.05, 0) is 73.4 Å². The van der Waals surface area contributed by atoms with Crippen LogP contribution in [0, 0.1) is 5.82 Å². The lowest BCUT2D eigenvalue weighted by Gasteiger charge is -2.17. The first kappa shape index (κ1) is 23.9. The summed E-state index contributed by atoms with van der Waals surface area (Å²) in [6.45, 7) is 4.14. The highest BCUT2D eigenvalue weighted by atomic mass is 32.1. The van der Waals surface area contributed by atoms with E-state index in [1.807, 2.05) is 0 Å². The molecule has 3 aromatic rings. The molecular weight excluding hydrogens is 452 g/mol. The molecule has 1 amide bonds. The fourth-order valence-corrected chi connectivity index (χ4v) is 5.18. The smallest absolute Gasteiger partial charge is 0.323 e. The van der Waals surface area contributed by atoms with Crippen molar-refractivity contribution in [1.29, 1.82) is 0 Å². The van der Waals surface area contributed by atoms with Gasteiger partial charge in [-0.1, -0.05) is 16.6 Å². The third kappa shape index (κ3) is 6.64. The summed E-state index contributed by atoms with van der Waals surface area (Å²) in [4.78, 5) is 13.0. The van der Waals surface area contributed by atoms with Crippen LogP contribution in [-0.4, -0.2) is 28.7 Å². The van der Waals surface area contributed by atoms with Gasteiger partial charge in [-0.25, -0.2) is 4.39 Å². The van der Waals surface area contributed by atoms with Crippen LogP contribution in [-0.2, 0) is 24.6 Å². The summed E-state index contributed by atoms with van der Waals surface area (Å²) in [5, 5.41) is 6.83. The van der Waals surface area contributed by atoms with Crippen LogP contribution < -0.4 is 5.32 Å². The van der Waals surface area contributed by atoms with Gasteiger partial charge in [0.25, 0.3) is 0 Å². The average molecular weight is 475 g/mol. The number of nitrogens with zero attached hydrogens (tertiary/aromatic N) is 2. The number of hydrogen-bond donors (Lipinski definition) is 1. The molecule has 0 radical (unpaired) electrons. The van der Waals surface area contributed by atoms with E-state index in [1.54, 1.807) is 56.3 Å². The molecule has 1 heterocycles. The number of aromatic nitrogens is 2. The van der Waals surface area contributed by atoms with E-state index < -0.39 is 7.60 Å². The number of halogens is 1. The fourth-order valence-electron chi connectivity index (χ4n) is 2.89. The number of nitrogens with one attached hydrogen (secondary N) is 1. The van der Waals surface area contributed by atoms with Gasteiger partial charge in [0.05, 0.1) is 24.3 Å². The minimum absolute atomic E-state index is 0.160. The normalized spacial score (nSPS) is 11.7. The molecule has 0 bridgehead atoms. The molecule has 0 aliphatic rings. The van der Waals surface area contributed by atoms with Gasteiger partial charge in [-0.2, -0.15) is 0 Å². The lowest BCUT2D eigenvalue weighted by Crippen LogP contribution is -2.07. The topological polar surface area (TPSA) is 90.4 Å². The van der Waals surface area contributed by atoms with E-state index in [-0.39, 0.29) is 17.9 Å². The molecule has 1 N–H and O–H groups in total. The summed E-state index contributed by atoms with van der Waals surface area (Å²) >= 11 is 1.14. The van der Waals surface area contributed by atoms with E-state index in [1.165, 1.54) is 18.2 Å². The first-order chi connectivity index (χ1) is 15.4. The van der Waals surface area contributed by atoms with Crippen LogP contribution >= 0.6 is 19.1 Å². The second-order valence-corrected chi connectivity index (χ2v) is 9.46. The highest BCUT2D eigenvalue weighted by molar-refractivity contribution is 7.53. The lowest BCUT2D eigenvalue weighted by atomic mass is 10.1. The van der Waals surface area contributed by atoms with Crippen molar-refractivity contribution in [2.45, 2.75) is 20.0 Å². The monoisotopic (exact) mass is 475 g/mol. The van der Waals surface area contributed by atoms with Gasteiger partial charge in [-0.3, -0.25) is 9.36 Å². The molecule has 2 aromatic carbocycles. The Hall–Kier alpha value is -2.71. The summed E-state index contributed by atoms with van der Waals surface area (Å²) in [7, 11) is -3.19. The third-order valence-electron chi connectivity index (χ3n) is 4.27. The number of benzene rings is 2. The molecule has 10 heteroatoms. The van der Waals surface area contributed by atoms with Crippen molar-refractivity contribution < 1.29 is 22.8 Å². The average Bonchev–Trinajstić information content (AvgIpc) is 3.23. The number of carbonyl (C=O) groups is 1. The number of rotatable bonds is 10. The zero-order valence-corrected chi connectivity index (χ0v) is 19.4. The van der Waals surface area contributed by atoms with Gasteiger partial charge in [0.15, 0.2) is 0 Å². The summed E-state index contributed by atoms with van der Waals surface area (Å²) in [5.74, 6) is -0.663. The Bertz CT molecular complexity index is 1110. The van der Waals surface area contributed by atoms with Gasteiger partial charge >= 0.3 is 7.60 Å². The van der Waals surface area contributed by atoms with E-state index >= 15 is 0 Å². The highest BCUT2D eigenvalue weighted by Gasteiger charge is 2.23. The van der Waals surface area contributed by atoms with Crippen molar-refractivity contribution in [3.05, 3.63) is 70.9 Å². The Kier molecular flexibility index (Phi) is 8.41. The number of anilines is 1. The summed E-state index contributed by atoms with van der Waals surface area (Å²) in [6.07, 6.45) is 3.16. The second kappa shape index (κ2) is 11.2. The standard InChI is InChI=1S/C22H23FN3O4PS/c1-3-29-31(28,30-4-2)15-16-5-11-19(12-6-16)24-21(27)14-13-20-22(25-26-32-20)17-7-9-18(23)10-8-17/h5-14H,3-4,15H2,1-2H3,(H,24,27). The Morgan fingerprint density at radius 1 is 1.09 bits per heavy atom. The molecule has 0 aliphatic carbocycles. The molecule has 0 saturated carbocycles. The molecule has 32 heavy (non-hydrogen) atoms. The van der Waals surface area contributed by atoms with Crippen molar-refractivity contribution >= 4 is 36.8 Å². The summed E-state index contributed by atoms with van der Waals surface area (Å²) in [6, 6.07) is 12.9. The van der Waals surface area contributed by atoms with Crippen molar-refractivity contribution in [2.24, 2.45) is 0 Å². The molecule has 7 nitrogen and oxygen atoms in total. The maximum Gasteiger partial charge on any atom is 0.335 e. The predicted octanol–water partition coefficient (Wildman–Crippen LogP) is 5.76. The number of carbonyl (C=O) groups excluding carboxylic acids is 1. The molecule has 0 fully saturated rings. The SMILES string of the molecule is CCOP(=O)(Cc1ccc(NC(=O)C=Cc2snnc2-c2ccc(F)cc2)cc1)OCC. The van der Waals surface area contributed by atoms with E-state index in [2.05, 4.69) is 14.9 Å². The van der Waals surface area contributed by atoms with Gasteiger partial charge in [0, 0.05) is 17.3 Å². The fraction of sp³-hybridized carbons (Fsp3) is 0.227. The third-order valence-corrected chi connectivity index (χ3v) is 7.01. The van der Waals surface area contributed by atoms with Gasteiger partial charge in [0.1, 0.15) is 11.5 Å². The molecular formula is C22H23FN3O4PS. The first-order valence-electron chi connectivity index (χ1n) is 9.97. The minimum atomic E-state index is -3.19. The van der Waals surface area contributed by atoms with Crippen molar-refractivity contribution in [1.82, 2.24) is 9.59 Å². The molecule has 0 spiro atoms. The first-order valence-corrected chi connectivity index (χ1v) is 12.5. The van der Waals surface area contributed by atoms with Crippen molar-refractivity contribution in [3.8, 4) is 11.3 Å². The maximum atomic E-state index is 13.1. The Balaban J connectivity index is 1.62. The molecule has 3 rings (SSSR count). The van der Waals surface area contributed by atoms with Gasteiger partial charge < -0.3 is 14.4 Å². The molecule has 1 aromatic heterocycles. The number of amides is 1. The minimum Gasteiger partial charge on any atom is -0.323 e. The van der Waals surface area contributed by atoms with Crippen LogP contribution in [0.5, 0.6) is 0 Å². The summed E-state index contributed by atoms with van der Waals surface area (Å²) < 4.78 is 40.3. The second-order valence-electron chi connectivity index (χ2n) is 6.62. The van der Waals surface area contributed by atoms with E-state index in [0.717, 1.165) is 17.1 Å². The Labute approximate surface area is 190 Å². The van der Waals surface area contributed by atoms with Crippen LogP contribution in [0.15, 0.2) is 54.6 Å². The maximum absolute atomic E-state index is 13.1. The number of hydrogen-bond acceptors (Lipinski definition) is 7. The summed E-state index contributed by atoms with van der Waals surface area (Å²) in [5.41, 5.74) is 2.67. The quantitative estimate of drug-likeness (QED) is 0.296. The Morgan fingerprint density at radius 2 is 1.75 bits per heavy atom. The largest absolute Gasteiger partial charge is 0.335 e. The van der Waals surface area contributed by atoms with Crippen molar-refractivity contribution in [2.75, 3.05) is 18.5 Å². The Morgan fingerprint density at radius 3 is 2.38 bits per heavy atom. The molecule has 0 aliphatic heterocycles. The van der Waals surface area contributed by atoms with E-state index in [4.69, 9.17) is 9.05 Å². The zero-order chi connectivity index (χ0) is 23.0. The molecule has 0 atom stereocenters. The molecule has 0 saturated heterocycles. The van der Waals surface area contributed by atoms with Gasteiger partial charge in [-0.15, -0.1) is 5.10 Å². The van der Waals surface area contributed by atoms with Gasteiger partial charge in [0.2, 0.25) is 5.91 Å². The highest BCUT2D eigenvalue weighted by Crippen LogP contribution is 2.51. The zero-order valence-electron chi connectivity index (χ0n) is 17.7. The van der Waals surface area contributed by atoms with Crippen LogP contribution in [0.3, 0.4) is 0 Å². The molecule has 0 unspecified atom stereocenters. The van der Waals surface area contributed by atoms with Crippen LogP contribution in [0.25, 0.3) is 17.3 Å². The molecule has 168 valence electrons. The lowest BCUT2D eigenvalue weighted by molar-refractivity contribution is -0.111. The van der Waals surface area contributed by atoms with Crippen LogP contribution in [0.1, 0.15) is 24.3 Å². The van der Waals surface area contributed by atoms with E-state index in [0.29, 0.717) is 35.0 Å². The predicted molar refractivity (Wildman–Crippen MR) is 124 cm³/mol.